The molecular formula is C33H44N4O4S. The van der Waals surface area contributed by atoms with Crippen LogP contribution in [0.1, 0.15) is 52.0 Å². The van der Waals surface area contributed by atoms with Gasteiger partial charge in [-0.1, -0.05) is 37.3 Å². The molecule has 5 rings (SSSR count). The number of unbranched alkanes of at least 4 members (excludes halogenated alkanes) is 2. The van der Waals surface area contributed by atoms with Gasteiger partial charge in [-0.25, -0.2) is 0 Å². The van der Waals surface area contributed by atoms with E-state index in [0.717, 1.165) is 37.2 Å². The summed E-state index contributed by atoms with van der Waals surface area (Å²) in [7, 11) is 0. The number of likely N-dealkylation sites (tertiary alicyclic amines) is 1. The van der Waals surface area contributed by atoms with Gasteiger partial charge in [0.05, 0.1) is 16.6 Å². The molecule has 6 atom stereocenters. The Morgan fingerprint density at radius 1 is 1.02 bits per heavy atom. The molecule has 0 radical (unpaired) electrons. The van der Waals surface area contributed by atoms with E-state index < -0.39 is 22.6 Å². The zero-order valence-electron chi connectivity index (χ0n) is 24.9. The van der Waals surface area contributed by atoms with Crippen LogP contribution in [0.3, 0.4) is 0 Å². The monoisotopic (exact) mass is 592 g/mol. The van der Waals surface area contributed by atoms with Crippen molar-refractivity contribution in [3.8, 4) is 0 Å². The van der Waals surface area contributed by atoms with Gasteiger partial charge in [0, 0.05) is 49.4 Å². The molecule has 9 heteroatoms. The summed E-state index contributed by atoms with van der Waals surface area (Å²) in [6.07, 6.45) is 2.93. The van der Waals surface area contributed by atoms with Gasteiger partial charge >= 0.3 is 0 Å². The smallest absolute Gasteiger partial charge is 0.248 e. The summed E-state index contributed by atoms with van der Waals surface area (Å²) >= 11 is 1.70. The van der Waals surface area contributed by atoms with Crippen LogP contribution in [0.4, 0.5) is 11.4 Å². The fourth-order valence-electron chi connectivity index (χ4n) is 7.39. The lowest BCUT2D eigenvalue weighted by Gasteiger charge is -2.38. The van der Waals surface area contributed by atoms with E-state index in [1.54, 1.807) is 16.7 Å². The van der Waals surface area contributed by atoms with Gasteiger partial charge in [0.2, 0.25) is 17.7 Å². The predicted octanol–water partition coefficient (Wildman–Crippen LogP) is 4.29. The predicted molar refractivity (Wildman–Crippen MR) is 168 cm³/mol. The van der Waals surface area contributed by atoms with Crippen LogP contribution < -0.4 is 15.5 Å². The number of amides is 3. The molecule has 0 aromatic heterocycles. The number of hydrogen-bond donors (Lipinski definition) is 3. The van der Waals surface area contributed by atoms with Gasteiger partial charge in [0.25, 0.3) is 0 Å². The maximum absolute atomic E-state index is 14.2. The van der Waals surface area contributed by atoms with Crippen molar-refractivity contribution in [3.63, 3.8) is 0 Å². The minimum Gasteiger partial charge on any atom is -0.396 e. The molecule has 2 aromatic rings. The third kappa shape index (κ3) is 5.53. The quantitative estimate of drug-likeness (QED) is 0.300. The number of aliphatic hydroxyl groups is 1. The average molecular weight is 593 g/mol. The molecule has 2 bridgehead atoms. The molecule has 3 heterocycles. The fraction of sp³-hybridized carbons (Fsp3) is 0.545. The third-order valence-electron chi connectivity index (χ3n) is 9.43. The first-order valence-electron chi connectivity index (χ1n) is 15.4. The molecule has 2 aromatic carbocycles. The fourth-order valence-corrected chi connectivity index (χ4v) is 9.81. The van der Waals surface area contributed by atoms with Gasteiger partial charge in [0.15, 0.2) is 0 Å². The highest BCUT2D eigenvalue weighted by Crippen LogP contribution is 2.68. The third-order valence-corrected chi connectivity index (χ3v) is 11.5. The summed E-state index contributed by atoms with van der Waals surface area (Å²) in [5.74, 6) is -1.26. The molecule has 3 N–H and O–H groups in total. The van der Waals surface area contributed by atoms with Crippen LogP contribution in [-0.2, 0) is 20.9 Å². The second-order valence-corrected chi connectivity index (χ2v) is 13.3. The zero-order chi connectivity index (χ0) is 29.9. The number of carbonyl (C=O) groups excluding carboxylic acids is 3. The summed E-state index contributed by atoms with van der Waals surface area (Å²) in [5.41, 5.74) is 2.81. The van der Waals surface area contributed by atoms with Gasteiger partial charge in [0.1, 0.15) is 6.04 Å². The molecule has 3 saturated heterocycles. The molecule has 226 valence electrons. The number of carbonyl (C=O) groups is 3. The lowest BCUT2D eigenvalue weighted by atomic mass is 9.66. The molecule has 1 spiro atoms. The van der Waals surface area contributed by atoms with Crippen LogP contribution in [0.25, 0.3) is 0 Å². The van der Waals surface area contributed by atoms with Crippen molar-refractivity contribution in [2.75, 3.05) is 36.5 Å². The molecule has 42 heavy (non-hydrogen) atoms. The first kappa shape index (κ1) is 30.4. The second-order valence-electron chi connectivity index (χ2n) is 11.8. The highest BCUT2D eigenvalue weighted by atomic mass is 32.2. The Morgan fingerprint density at radius 2 is 1.74 bits per heavy atom. The summed E-state index contributed by atoms with van der Waals surface area (Å²) in [6, 6.07) is 17.0. The van der Waals surface area contributed by atoms with Crippen LogP contribution in [-0.4, -0.2) is 70.0 Å². The molecular weight excluding hydrogens is 548 g/mol. The summed E-state index contributed by atoms with van der Waals surface area (Å²) in [6.45, 7) is 9.13. The Labute approximate surface area is 253 Å². The highest BCUT2D eigenvalue weighted by Gasteiger charge is 2.75. The zero-order valence-corrected chi connectivity index (χ0v) is 25.7. The molecule has 3 fully saturated rings. The van der Waals surface area contributed by atoms with E-state index in [-0.39, 0.29) is 35.5 Å². The molecule has 8 nitrogen and oxygen atoms in total. The van der Waals surface area contributed by atoms with E-state index in [2.05, 4.69) is 36.3 Å². The topological polar surface area (TPSA) is 102 Å². The number of nitrogens with one attached hydrogen (secondary N) is 2. The highest BCUT2D eigenvalue weighted by molar-refractivity contribution is 8.02. The van der Waals surface area contributed by atoms with Crippen molar-refractivity contribution >= 4 is 40.9 Å². The van der Waals surface area contributed by atoms with E-state index in [1.165, 1.54) is 0 Å². The second kappa shape index (κ2) is 13.1. The van der Waals surface area contributed by atoms with Crippen molar-refractivity contribution in [1.29, 1.82) is 0 Å². The Hall–Kier alpha value is -3.04. The molecule has 3 aliphatic rings. The van der Waals surface area contributed by atoms with E-state index in [9.17, 15) is 19.5 Å². The first-order valence-corrected chi connectivity index (χ1v) is 16.3. The van der Waals surface area contributed by atoms with Crippen molar-refractivity contribution in [2.24, 2.45) is 17.8 Å². The van der Waals surface area contributed by atoms with Crippen LogP contribution in [0, 0.1) is 17.8 Å². The summed E-state index contributed by atoms with van der Waals surface area (Å²) in [5, 5.41) is 15.5. The van der Waals surface area contributed by atoms with Crippen molar-refractivity contribution in [3.05, 3.63) is 60.2 Å². The largest absolute Gasteiger partial charge is 0.396 e. The molecule has 0 saturated carbocycles. The Morgan fingerprint density at radius 3 is 2.40 bits per heavy atom. The number of rotatable bonds is 13. The minimum atomic E-state index is -0.663. The van der Waals surface area contributed by atoms with E-state index in [4.69, 9.17) is 0 Å². The van der Waals surface area contributed by atoms with Gasteiger partial charge in [-0.05, 0) is 75.3 Å². The maximum Gasteiger partial charge on any atom is 0.248 e. The summed E-state index contributed by atoms with van der Waals surface area (Å²) < 4.78 is -0.654. The van der Waals surface area contributed by atoms with Crippen molar-refractivity contribution in [1.82, 2.24) is 10.2 Å². The number of benzene rings is 2. The van der Waals surface area contributed by atoms with E-state index in [0.29, 0.717) is 31.6 Å². The lowest BCUT2D eigenvalue weighted by Crippen LogP contribution is -2.55. The average Bonchev–Trinajstić information content (AvgIpc) is 3.59. The maximum atomic E-state index is 14.2. The van der Waals surface area contributed by atoms with Gasteiger partial charge in [-0.15, -0.1) is 11.8 Å². The summed E-state index contributed by atoms with van der Waals surface area (Å²) in [4.78, 5) is 46.1. The van der Waals surface area contributed by atoms with E-state index in [1.807, 2.05) is 54.6 Å². The van der Waals surface area contributed by atoms with Crippen molar-refractivity contribution < 1.29 is 19.5 Å². The number of anilines is 2. The number of aliphatic hydroxyl groups excluding tert-OH is 1. The van der Waals surface area contributed by atoms with Crippen LogP contribution in [0.5, 0.6) is 0 Å². The van der Waals surface area contributed by atoms with Crippen molar-refractivity contribution in [2.45, 2.75) is 69.0 Å². The van der Waals surface area contributed by atoms with Crippen LogP contribution >= 0.6 is 11.8 Å². The minimum absolute atomic E-state index is 0.00455. The Balaban J connectivity index is 1.40. The standard InChI is InChI=1S/C33H44N4O4S/c1-4-36(5-2)25-16-14-24(15-17-25)35-31(40)29-33-22(3)20-26(42-33)27(30(39)34-21-23-12-8-6-9-13-23)28(33)32(41)37(29)18-10-7-11-19-38/h6,8-9,12-17,22,26-29,38H,4-5,7,10-11,18-21H2,1-3H3,(H,34,39)(H,35,40)/t22?,26-,27+,28+,29?,33?/m1/s1. The van der Waals surface area contributed by atoms with Crippen LogP contribution in [0.15, 0.2) is 54.6 Å². The van der Waals surface area contributed by atoms with Gasteiger partial charge in [-0.2, -0.15) is 0 Å². The number of nitrogens with zero attached hydrogens (tertiary/aromatic N) is 2. The number of fused-ring (bicyclic) bond motifs is 1. The normalized spacial score (nSPS) is 27.7. The van der Waals surface area contributed by atoms with Gasteiger partial charge in [-0.3, -0.25) is 14.4 Å². The Kier molecular flexibility index (Phi) is 9.47. The molecule has 0 aliphatic carbocycles. The first-order chi connectivity index (χ1) is 20.3. The molecule has 3 aliphatic heterocycles. The van der Waals surface area contributed by atoms with Crippen LogP contribution in [0.2, 0.25) is 0 Å². The van der Waals surface area contributed by atoms with E-state index >= 15 is 0 Å². The number of thioether (sulfide) groups is 1. The number of hydrogen-bond acceptors (Lipinski definition) is 6. The molecule has 3 unspecified atom stereocenters. The molecule has 3 amide bonds. The lowest BCUT2D eigenvalue weighted by molar-refractivity contribution is -0.139. The SMILES string of the molecule is CCN(CC)c1ccc(NC(=O)C2N(CCCCCO)C(=O)[C@@H]3[C@@H](C(=O)NCc4ccccc4)[C@H]4CC(C)C23S4)cc1. The Bertz CT molecular complexity index is 1250. The van der Waals surface area contributed by atoms with Gasteiger partial charge < -0.3 is 25.5 Å².